The maximum Gasteiger partial charge on any atom is 0.303 e. The Bertz CT molecular complexity index is 1720. The fourth-order valence-corrected chi connectivity index (χ4v) is 7.19. The molecule has 318 valence electrons. The van der Waals surface area contributed by atoms with Gasteiger partial charge in [-0.25, -0.2) is 13.6 Å². The van der Waals surface area contributed by atoms with Crippen LogP contribution in [0.5, 0.6) is 0 Å². The lowest BCUT2D eigenvalue weighted by Crippen LogP contribution is -2.67. The van der Waals surface area contributed by atoms with E-state index in [0.29, 0.717) is 6.42 Å². The number of esters is 7. The minimum absolute atomic E-state index is 0.0654. The number of rotatable bonds is 17. The van der Waals surface area contributed by atoms with Crippen LogP contribution in [0.4, 0.5) is 0 Å². The summed E-state index contributed by atoms with van der Waals surface area (Å²) in [5.74, 6) is -5.91. The van der Waals surface area contributed by atoms with E-state index in [2.05, 4.69) is 4.72 Å². The minimum atomic E-state index is -3.89. The van der Waals surface area contributed by atoms with Gasteiger partial charge in [0.25, 0.3) is 0 Å². The highest BCUT2D eigenvalue weighted by molar-refractivity contribution is 7.97. The number of primary sulfonamides is 1. The summed E-state index contributed by atoms with van der Waals surface area (Å²) in [6.07, 6.45) is -13.6. The predicted octanol–water partition coefficient (Wildman–Crippen LogP) is -0.266. The third-order valence-electron chi connectivity index (χ3n) is 7.85. The lowest BCUT2D eigenvalue weighted by molar-refractivity contribution is -0.341. The van der Waals surface area contributed by atoms with Gasteiger partial charge in [-0.3, -0.25) is 38.3 Å². The van der Waals surface area contributed by atoms with E-state index in [9.17, 15) is 42.0 Å². The number of nitrogens with two attached hydrogens (primary N) is 1. The van der Waals surface area contributed by atoms with E-state index in [1.807, 2.05) is 0 Å². The molecule has 0 saturated carbocycles. The number of carbonyl (C=O) groups excluding carboxylic acids is 7. The zero-order valence-corrected chi connectivity index (χ0v) is 33.7. The van der Waals surface area contributed by atoms with Crippen LogP contribution >= 0.6 is 11.9 Å². The second kappa shape index (κ2) is 21.4. The van der Waals surface area contributed by atoms with Crippen LogP contribution < -0.4 is 9.86 Å². The first-order chi connectivity index (χ1) is 26.7. The van der Waals surface area contributed by atoms with E-state index >= 15 is 0 Å². The molecule has 0 amide bonds. The highest BCUT2D eigenvalue weighted by Gasteiger charge is 2.57. The van der Waals surface area contributed by atoms with Crippen LogP contribution in [0.25, 0.3) is 0 Å². The molecule has 0 aliphatic carbocycles. The van der Waals surface area contributed by atoms with Crippen LogP contribution in [-0.4, -0.2) is 131 Å². The second-order valence-electron chi connectivity index (χ2n) is 12.6. The Morgan fingerprint density at radius 1 is 0.614 bits per heavy atom. The number of benzene rings is 1. The second-order valence-corrected chi connectivity index (χ2v) is 15.2. The molecule has 10 atom stereocenters. The third-order valence-corrected chi connectivity index (χ3v) is 9.76. The molecule has 2 aliphatic rings. The average molecular weight is 851 g/mol. The van der Waals surface area contributed by atoms with E-state index < -0.39 is 126 Å². The van der Waals surface area contributed by atoms with E-state index in [1.54, 1.807) is 12.1 Å². The predicted molar refractivity (Wildman–Crippen MR) is 190 cm³/mol. The molecule has 0 aromatic heterocycles. The highest BCUT2D eigenvalue weighted by Crippen LogP contribution is 2.37. The Kier molecular flexibility index (Phi) is 17.6. The van der Waals surface area contributed by atoms with Crippen molar-refractivity contribution >= 4 is 63.8 Å². The molecule has 1 aromatic carbocycles. The van der Waals surface area contributed by atoms with E-state index in [4.69, 9.17) is 52.5 Å². The van der Waals surface area contributed by atoms with Gasteiger partial charge in [0.15, 0.2) is 42.2 Å². The van der Waals surface area contributed by atoms with Gasteiger partial charge in [-0.1, -0.05) is 12.1 Å². The van der Waals surface area contributed by atoms with Crippen molar-refractivity contribution in [3.8, 4) is 0 Å². The number of carbonyl (C=O) groups is 7. The number of hydrogen-bond acceptors (Lipinski definition) is 21. The smallest absolute Gasteiger partial charge is 0.303 e. The topological polar surface area (TPSA) is 284 Å². The molecule has 0 unspecified atom stereocenters. The molecule has 0 spiro atoms. The summed E-state index contributed by atoms with van der Waals surface area (Å²) in [7, 11) is -3.89. The highest BCUT2D eigenvalue weighted by atomic mass is 32.2. The summed E-state index contributed by atoms with van der Waals surface area (Å²) in [5, 5.41) is 5.17. The lowest BCUT2D eigenvalue weighted by Gasteiger charge is -2.48. The summed E-state index contributed by atoms with van der Waals surface area (Å²) < 4.78 is 83.0. The van der Waals surface area contributed by atoms with E-state index in [0.717, 1.165) is 66.0 Å². The molecule has 3 rings (SSSR count). The van der Waals surface area contributed by atoms with Crippen LogP contribution in [0, 0.1) is 0 Å². The fraction of sp³-hybridized carbons (Fsp3) is 0.618. The average Bonchev–Trinajstić information content (AvgIpc) is 3.08. The minimum Gasteiger partial charge on any atom is -0.463 e. The molecule has 0 bridgehead atoms. The summed E-state index contributed by atoms with van der Waals surface area (Å²) in [4.78, 5) is 85.9. The fourth-order valence-electron chi connectivity index (χ4n) is 5.75. The van der Waals surface area contributed by atoms with E-state index in [-0.39, 0.29) is 11.4 Å². The maximum atomic E-state index is 12.6. The zero-order valence-electron chi connectivity index (χ0n) is 32.1. The molecule has 2 fully saturated rings. The molecule has 2 aliphatic heterocycles. The van der Waals surface area contributed by atoms with Crippen molar-refractivity contribution in [3.63, 3.8) is 0 Å². The van der Waals surface area contributed by atoms with Gasteiger partial charge in [0.1, 0.15) is 31.5 Å². The van der Waals surface area contributed by atoms with Crippen LogP contribution in [0.1, 0.15) is 54.0 Å². The van der Waals surface area contributed by atoms with Gasteiger partial charge in [0.2, 0.25) is 10.0 Å². The molecule has 2 saturated heterocycles. The molecule has 3 N–H and O–H groups in total. The van der Waals surface area contributed by atoms with Crippen LogP contribution in [-0.2, 0) is 97.4 Å². The van der Waals surface area contributed by atoms with Gasteiger partial charge >= 0.3 is 41.8 Å². The summed E-state index contributed by atoms with van der Waals surface area (Å²) in [6, 6.07) is 5.86. The standard InChI is InChI=1S/C34H46N2O19S2/c1-16(37)46-14-25-27(48-18(3)39)29(49-19(4)40)31(51-21(6)42)33(53-25)55-28-26(15-47-17(2)38)54-34(32(52-22(7)43)30(28)50-20(5)41)56-36-13-12-23-8-10-24(11-9-23)57(35,44)45/h8-11,25-34,36H,12-15H2,1-7H3,(H2,35,44,45)/t25-,26-,27-,28-,29+,30+,31-,32-,33+,34+/m1/s1. The molecule has 2 heterocycles. The number of hydrogen-bond donors (Lipinski definition) is 2. The normalized spacial score (nSPS) is 27.2. The first-order valence-corrected chi connectivity index (χ1v) is 19.7. The Balaban J connectivity index is 2.04. The first kappa shape index (κ1) is 47.0. The van der Waals surface area contributed by atoms with Gasteiger partial charge in [0, 0.05) is 55.0 Å². The molecule has 21 nitrogen and oxygen atoms in total. The van der Waals surface area contributed by atoms with Crippen molar-refractivity contribution in [1.82, 2.24) is 4.72 Å². The van der Waals surface area contributed by atoms with Crippen molar-refractivity contribution in [1.29, 1.82) is 0 Å². The Morgan fingerprint density at radius 3 is 1.53 bits per heavy atom. The van der Waals surface area contributed by atoms with Gasteiger partial charge in [-0.15, -0.1) is 0 Å². The summed E-state index contributed by atoms with van der Waals surface area (Å²) >= 11 is 0.915. The lowest BCUT2D eigenvalue weighted by atomic mass is 9.96. The molecule has 23 heteroatoms. The Hall–Kier alpha value is -4.39. The van der Waals surface area contributed by atoms with Crippen LogP contribution in [0.3, 0.4) is 0 Å². The Morgan fingerprint density at radius 2 is 1.05 bits per heavy atom. The molecular weight excluding hydrogens is 805 g/mol. The zero-order chi connectivity index (χ0) is 42.6. The third kappa shape index (κ3) is 14.8. The molecular formula is C34H46N2O19S2. The SMILES string of the molecule is CC(=O)OC[C@H]1O[C@@H](SNCCc2ccc(S(N)(=O)=O)cc2)[C@H](OC(C)=O)[C@@H](OC(C)=O)[C@@H]1O[C@@H]1O[C@H](COC(C)=O)[C@@H](OC(C)=O)[C@H](OC(C)=O)[C@H]1OC(C)=O. The summed E-state index contributed by atoms with van der Waals surface area (Å²) in [5.41, 5.74) is -0.445. The molecule has 1 aromatic rings. The van der Waals surface area contributed by atoms with E-state index in [1.165, 1.54) is 12.1 Å². The monoisotopic (exact) mass is 850 g/mol. The van der Waals surface area contributed by atoms with Crippen molar-refractivity contribution in [2.24, 2.45) is 5.14 Å². The van der Waals surface area contributed by atoms with Crippen molar-refractivity contribution in [2.75, 3.05) is 19.8 Å². The van der Waals surface area contributed by atoms with Crippen molar-refractivity contribution in [2.45, 2.75) is 120 Å². The van der Waals surface area contributed by atoms with Gasteiger partial charge in [-0.05, 0) is 36.1 Å². The molecule has 57 heavy (non-hydrogen) atoms. The number of nitrogens with one attached hydrogen (secondary N) is 1. The van der Waals surface area contributed by atoms with Crippen LogP contribution in [0.15, 0.2) is 29.2 Å². The quantitative estimate of drug-likeness (QED) is 0.0883. The largest absolute Gasteiger partial charge is 0.463 e. The van der Waals surface area contributed by atoms with Crippen LogP contribution in [0.2, 0.25) is 0 Å². The van der Waals surface area contributed by atoms with Gasteiger partial charge in [0.05, 0.1) is 4.90 Å². The number of sulfonamides is 1. The van der Waals surface area contributed by atoms with Crippen molar-refractivity contribution < 1.29 is 89.3 Å². The first-order valence-electron chi connectivity index (χ1n) is 17.3. The van der Waals surface area contributed by atoms with Gasteiger partial charge < -0.3 is 47.4 Å². The summed E-state index contributed by atoms with van der Waals surface area (Å²) in [6.45, 7) is 6.60. The Labute approximate surface area is 332 Å². The number of ether oxygens (including phenoxy) is 10. The van der Waals surface area contributed by atoms with Crippen molar-refractivity contribution in [3.05, 3.63) is 29.8 Å². The van der Waals surface area contributed by atoms with Gasteiger partial charge in [-0.2, -0.15) is 0 Å². The molecule has 0 radical (unpaired) electrons. The maximum absolute atomic E-state index is 12.6.